The topological polar surface area (TPSA) is 158 Å². The first-order valence-electron chi connectivity index (χ1n) is 12.6. The first-order chi connectivity index (χ1) is 21.8. The van der Waals surface area contributed by atoms with E-state index in [-0.39, 0.29) is 22.4 Å². The van der Waals surface area contributed by atoms with Crippen molar-refractivity contribution in [2.45, 2.75) is 25.4 Å². The second-order valence-corrected chi connectivity index (χ2v) is 9.45. The molecule has 0 bridgehead atoms. The summed E-state index contributed by atoms with van der Waals surface area (Å²) in [4.78, 5) is 35.2. The van der Waals surface area contributed by atoms with Crippen LogP contribution < -0.4 is 14.2 Å². The van der Waals surface area contributed by atoms with Crippen molar-refractivity contribution in [1.82, 2.24) is 4.98 Å². The van der Waals surface area contributed by atoms with Crippen molar-refractivity contribution in [3.63, 3.8) is 0 Å². The van der Waals surface area contributed by atoms with E-state index >= 15 is 0 Å². The van der Waals surface area contributed by atoms with E-state index in [0.29, 0.717) is 23.8 Å². The molecule has 47 heavy (non-hydrogen) atoms. The van der Waals surface area contributed by atoms with Crippen LogP contribution >= 0.6 is 11.6 Å². The van der Waals surface area contributed by atoms with Crippen molar-refractivity contribution in [3.05, 3.63) is 111 Å². The lowest BCUT2D eigenvalue weighted by Gasteiger charge is -2.11. The van der Waals surface area contributed by atoms with Gasteiger partial charge in [0.15, 0.2) is 6.10 Å². The summed E-state index contributed by atoms with van der Waals surface area (Å²) in [5.41, 5.74) is -3.11. The summed E-state index contributed by atoms with van der Waals surface area (Å²) in [6.45, 7) is 1.39. The fourth-order valence-corrected chi connectivity index (χ4v) is 3.59. The molecular weight excluding hydrogens is 670 g/mol. The van der Waals surface area contributed by atoms with Crippen LogP contribution in [0.5, 0.6) is 28.9 Å². The van der Waals surface area contributed by atoms with Gasteiger partial charge in [0, 0.05) is 24.4 Å². The SMILES string of the molecule is CC(Oc1ccc(Oc2ccc(C(F)(F)F)cn2)cc1)C(=O)O.O=C(O)c1cc(Oc2ccc(C(F)(F)F)cc2Cl)ccc1[N+](=O)[O-]. The number of carbonyl (C=O) groups is 2. The van der Waals surface area contributed by atoms with Gasteiger partial charge in [0.25, 0.3) is 5.69 Å². The number of rotatable bonds is 9. The molecular formula is C29H19ClF6N2O9. The Hall–Kier alpha value is -5.58. The number of aromatic carboxylic acids is 1. The average Bonchev–Trinajstić information content (AvgIpc) is 2.98. The number of pyridine rings is 1. The second-order valence-electron chi connectivity index (χ2n) is 9.04. The van der Waals surface area contributed by atoms with E-state index in [1.165, 1.54) is 31.2 Å². The van der Waals surface area contributed by atoms with E-state index in [4.69, 9.17) is 36.0 Å². The van der Waals surface area contributed by atoms with Crippen molar-refractivity contribution in [3.8, 4) is 28.9 Å². The third kappa shape index (κ3) is 10.2. The largest absolute Gasteiger partial charge is 0.479 e. The zero-order valence-electron chi connectivity index (χ0n) is 23.4. The fourth-order valence-electron chi connectivity index (χ4n) is 3.37. The Labute approximate surface area is 264 Å². The van der Waals surface area contributed by atoms with Gasteiger partial charge in [-0.1, -0.05) is 11.6 Å². The van der Waals surface area contributed by atoms with Crippen LogP contribution in [0.4, 0.5) is 32.0 Å². The molecule has 248 valence electrons. The maximum Gasteiger partial charge on any atom is 0.417 e. The number of aromatic nitrogens is 1. The molecule has 4 aromatic rings. The van der Waals surface area contributed by atoms with Crippen LogP contribution in [0.25, 0.3) is 0 Å². The van der Waals surface area contributed by atoms with Crippen LogP contribution in [0, 0.1) is 10.1 Å². The normalized spacial score (nSPS) is 11.8. The Balaban J connectivity index is 0.000000256. The van der Waals surface area contributed by atoms with E-state index in [1.54, 1.807) is 0 Å². The molecule has 4 rings (SSSR count). The maximum atomic E-state index is 12.6. The average molecular weight is 689 g/mol. The van der Waals surface area contributed by atoms with E-state index in [2.05, 4.69) is 4.98 Å². The minimum atomic E-state index is -4.58. The number of ether oxygens (including phenoxy) is 3. The number of hydrogen-bond donors (Lipinski definition) is 2. The van der Waals surface area contributed by atoms with E-state index < -0.39 is 57.7 Å². The van der Waals surface area contributed by atoms with Crippen molar-refractivity contribution in [2.24, 2.45) is 0 Å². The number of aliphatic carboxylic acids is 1. The summed E-state index contributed by atoms with van der Waals surface area (Å²) in [5, 5.41) is 28.1. The molecule has 1 heterocycles. The third-order valence-electron chi connectivity index (χ3n) is 5.65. The lowest BCUT2D eigenvalue weighted by atomic mass is 10.1. The van der Waals surface area contributed by atoms with Gasteiger partial charge in [0.05, 0.1) is 21.1 Å². The second kappa shape index (κ2) is 14.7. The first kappa shape index (κ1) is 35.9. The Kier molecular flexibility index (Phi) is 11.2. The monoisotopic (exact) mass is 688 g/mol. The quantitative estimate of drug-likeness (QED) is 0.0992. The molecule has 0 fully saturated rings. The lowest BCUT2D eigenvalue weighted by Crippen LogP contribution is -2.22. The molecule has 1 atom stereocenters. The van der Waals surface area contributed by atoms with Gasteiger partial charge in [0.1, 0.15) is 28.6 Å². The van der Waals surface area contributed by atoms with Crippen LogP contribution in [0.15, 0.2) is 79.0 Å². The molecule has 0 amide bonds. The highest BCUT2D eigenvalue weighted by Crippen LogP contribution is 2.37. The van der Waals surface area contributed by atoms with Gasteiger partial charge in [-0.15, -0.1) is 0 Å². The molecule has 0 spiro atoms. The summed E-state index contributed by atoms with van der Waals surface area (Å²) in [6, 6.07) is 13.2. The van der Waals surface area contributed by atoms with Crippen molar-refractivity contribution in [1.29, 1.82) is 0 Å². The van der Waals surface area contributed by atoms with Gasteiger partial charge in [-0.3, -0.25) is 10.1 Å². The van der Waals surface area contributed by atoms with Crippen LogP contribution in [-0.2, 0) is 17.1 Å². The molecule has 3 aromatic carbocycles. The minimum absolute atomic E-state index is 0.00516. The predicted molar refractivity (Wildman–Crippen MR) is 150 cm³/mol. The first-order valence-corrected chi connectivity index (χ1v) is 13.0. The Morgan fingerprint density at radius 3 is 1.89 bits per heavy atom. The van der Waals surface area contributed by atoms with Crippen LogP contribution in [0.3, 0.4) is 0 Å². The highest BCUT2D eigenvalue weighted by molar-refractivity contribution is 6.32. The number of nitrogens with zero attached hydrogens (tertiary/aromatic N) is 2. The van der Waals surface area contributed by atoms with E-state index in [1.807, 2.05) is 0 Å². The lowest BCUT2D eigenvalue weighted by molar-refractivity contribution is -0.385. The Morgan fingerprint density at radius 2 is 1.40 bits per heavy atom. The molecule has 18 heteroatoms. The Bertz CT molecular complexity index is 1750. The third-order valence-corrected chi connectivity index (χ3v) is 5.95. The van der Waals surface area contributed by atoms with Crippen LogP contribution in [0.1, 0.15) is 28.4 Å². The van der Waals surface area contributed by atoms with Gasteiger partial charge in [-0.2, -0.15) is 26.3 Å². The van der Waals surface area contributed by atoms with Crippen molar-refractivity contribution >= 4 is 29.2 Å². The minimum Gasteiger partial charge on any atom is -0.479 e. The van der Waals surface area contributed by atoms with Crippen LogP contribution in [0.2, 0.25) is 5.02 Å². The molecule has 0 saturated carbocycles. The van der Waals surface area contributed by atoms with Crippen molar-refractivity contribution in [2.75, 3.05) is 0 Å². The number of halogens is 7. The molecule has 1 unspecified atom stereocenters. The summed E-state index contributed by atoms with van der Waals surface area (Å²) in [5.74, 6) is -2.27. The van der Waals surface area contributed by atoms with Gasteiger partial charge >= 0.3 is 24.3 Å². The molecule has 0 aliphatic carbocycles. The van der Waals surface area contributed by atoms with Crippen molar-refractivity contribution < 1.29 is 65.3 Å². The van der Waals surface area contributed by atoms with Crippen LogP contribution in [-0.4, -0.2) is 38.2 Å². The summed E-state index contributed by atoms with van der Waals surface area (Å²) < 4.78 is 90.6. The van der Waals surface area contributed by atoms with Gasteiger partial charge < -0.3 is 24.4 Å². The maximum absolute atomic E-state index is 12.6. The Morgan fingerprint density at radius 1 is 0.830 bits per heavy atom. The summed E-state index contributed by atoms with van der Waals surface area (Å²) in [6.07, 6.45) is -9.35. The molecule has 0 aliphatic rings. The number of nitro groups is 1. The smallest absolute Gasteiger partial charge is 0.417 e. The summed E-state index contributed by atoms with van der Waals surface area (Å²) in [7, 11) is 0. The molecule has 0 radical (unpaired) electrons. The van der Waals surface area contributed by atoms with Gasteiger partial charge in [-0.05, 0) is 61.5 Å². The van der Waals surface area contributed by atoms with E-state index in [0.717, 1.165) is 42.5 Å². The molecule has 1 aromatic heterocycles. The highest BCUT2D eigenvalue weighted by Gasteiger charge is 2.32. The molecule has 2 N–H and O–H groups in total. The number of nitro benzene ring substituents is 1. The number of carboxylic acids is 2. The van der Waals surface area contributed by atoms with E-state index in [9.17, 15) is 46.0 Å². The number of hydrogen-bond acceptors (Lipinski definition) is 8. The number of carboxylic acid groups (broad SMARTS) is 2. The number of benzene rings is 3. The zero-order valence-corrected chi connectivity index (χ0v) is 24.1. The number of alkyl halides is 6. The standard InChI is InChI=1S/C15H12F3NO4.C14H7ClF3NO5/c1-9(14(20)21)22-11-3-5-12(6-4-11)23-13-7-2-10(8-19-13)15(16,17)18;15-10-5-7(14(16,17)18)1-4-12(10)24-8-2-3-11(19(22)23)9(6-8)13(20)21/h2-9H,1H3,(H,20,21);1-6H,(H,20,21). The molecule has 0 saturated heterocycles. The molecule has 11 nitrogen and oxygen atoms in total. The summed E-state index contributed by atoms with van der Waals surface area (Å²) >= 11 is 5.72. The molecule has 0 aliphatic heterocycles. The highest BCUT2D eigenvalue weighted by atomic mass is 35.5. The fraction of sp³-hybridized carbons (Fsp3) is 0.138. The van der Waals surface area contributed by atoms with Gasteiger partial charge in [-0.25, -0.2) is 14.6 Å². The van der Waals surface area contributed by atoms with Gasteiger partial charge in [0.2, 0.25) is 5.88 Å². The zero-order chi connectivity index (χ0) is 35.1. The predicted octanol–water partition coefficient (Wildman–Crippen LogP) is 8.50.